The van der Waals surface area contributed by atoms with Crippen molar-refractivity contribution in [2.45, 2.75) is 38.2 Å². The van der Waals surface area contributed by atoms with E-state index in [1.54, 1.807) is 7.11 Å². The maximum atomic E-state index is 11.4. The van der Waals surface area contributed by atoms with E-state index < -0.39 is 5.60 Å². The highest BCUT2D eigenvalue weighted by molar-refractivity contribution is 5.72. The van der Waals surface area contributed by atoms with E-state index in [0.717, 1.165) is 23.7 Å². The van der Waals surface area contributed by atoms with Crippen LogP contribution in [0.4, 0.5) is 0 Å². The molecule has 3 rings (SSSR count). The minimum Gasteiger partial charge on any atom is -0.493 e. The third-order valence-corrected chi connectivity index (χ3v) is 4.09. The number of carbonyl (C=O) groups is 1. The van der Waals surface area contributed by atoms with Crippen molar-refractivity contribution in [1.29, 1.82) is 0 Å². The molecule has 0 radical (unpaired) electrons. The fourth-order valence-corrected chi connectivity index (χ4v) is 2.51. The van der Waals surface area contributed by atoms with Gasteiger partial charge >= 0.3 is 5.97 Å². The van der Waals surface area contributed by atoms with Crippen molar-refractivity contribution >= 4 is 5.97 Å². The molecule has 1 saturated carbocycles. The van der Waals surface area contributed by atoms with Crippen LogP contribution in [0.2, 0.25) is 0 Å². The van der Waals surface area contributed by atoms with Crippen LogP contribution in [0.15, 0.2) is 18.2 Å². The summed E-state index contributed by atoms with van der Waals surface area (Å²) in [5, 5.41) is 0. The number of rotatable bonds is 5. The van der Waals surface area contributed by atoms with Gasteiger partial charge in [-0.05, 0) is 43.4 Å². The third kappa shape index (κ3) is 2.60. The zero-order valence-electron chi connectivity index (χ0n) is 12.0. The van der Waals surface area contributed by atoms with Crippen LogP contribution in [0.3, 0.4) is 0 Å². The van der Waals surface area contributed by atoms with Gasteiger partial charge in [-0.1, -0.05) is 6.07 Å². The summed E-state index contributed by atoms with van der Waals surface area (Å²) in [6.45, 7) is 2.68. The molecule has 20 heavy (non-hydrogen) atoms. The Morgan fingerprint density at radius 2 is 2.15 bits per heavy atom. The predicted molar refractivity (Wildman–Crippen MR) is 73.9 cm³/mol. The van der Waals surface area contributed by atoms with E-state index in [4.69, 9.17) is 14.2 Å². The van der Waals surface area contributed by atoms with Crippen LogP contribution >= 0.6 is 0 Å². The highest BCUT2D eigenvalue weighted by Gasteiger charge is 2.38. The molecule has 1 aromatic carbocycles. The maximum absolute atomic E-state index is 11.4. The van der Waals surface area contributed by atoms with Gasteiger partial charge in [0.25, 0.3) is 0 Å². The molecule has 4 heteroatoms. The van der Waals surface area contributed by atoms with Gasteiger partial charge in [-0.3, -0.25) is 4.79 Å². The average molecular weight is 276 g/mol. The molecule has 0 bridgehead atoms. The lowest BCUT2D eigenvalue weighted by Crippen LogP contribution is -2.21. The molecule has 0 amide bonds. The second-order valence-corrected chi connectivity index (χ2v) is 5.82. The van der Waals surface area contributed by atoms with E-state index in [1.165, 1.54) is 12.8 Å². The molecular weight excluding hydrogens is 256 g/mol. The number of cyclic esters (lactones) is 1. The largest absolute Gasteiger partial charge is 0.493 e. The molecule has 1 atom stereocenters. The molecule has 1 heterocycles. The fourth-order valence-electron chi connectivity index (χ4n) is 2.51. The summed E-state index contributed by atoms with van der Waals surface area (Å²) in [6, 6.07) is 5.77. The summed E-state index contributed by atoms with van der Waals surface area (Å²) in [4.78, 5) is 11.4. The van der Waals surface area contributed by atoms with Crippen molar-refractivity contribution in [3.8, 4) is 11.5 Å². The third-order valence-electron chi connectivity index (χ3n) is 4.09. The molecule has 1 aliphatic heterocycles. The van der Waals surface area contributed by atoms with Gasteiger partial charge in [0.05, 0.1) is 13.7 Å². The van der Waals surface area contributed by atoms with Crippen molar-refractivity contribution in [3.05, 3.63) is 23.8 Å². The monoisotopic (exact) mass is 276 g/mol. The first-order chi connectivity index (χ1) is 9.60. The Balaban J connectivity index is 1.83. The quantitative estimate of drug-likeness (QED) is 0.775. The SMILES string of the molecule is COc1ccc([C@]2(C)CCC(=O)O2)cc1OCC1CC1. The van der Waals surface area contributed by atoms with Crippen LogP contribution in [-0.4, -0.2) is 19.7 Å². The second-order valence-electron chi connectivity index (χ2n) is 5.82. The molecule has 1 aliphatic carbocycles. The van der Waals surface area contributed by atoms with E-state index in [2.05, 4.69) is 0 Å². The van der Waals surface area contributed by atoms with Gasteiger partial charge in [0.15, 0.2) is 11.5 Å². The molecule has 0 aromatic heterocycles. The lowest BCUT2D eigenvalue weighted by atomic mass is 9.92. The number of esters is 1. The van der Waals surface area contributed by atoms with Gasteiger partial charge in [-0.15, -0.1) is 0 Å². The molecular formula is C16H20O4. The highest BCUT2D eigenvalue weighted by Crippen LogP contribution is 2.40. The van der Waals surface area contributed by atoms with E-state index >= 15 is 0 Å². The lowest BCUT2D eigenvalue weighted by Gasteiger charge is -2.24. The lowest BCUT2D eigenvalue weighted by molar-refractivity contribution is -0.147. The Hall–Kier alpha value is -1.71. The van der Waals surface area contributed by atoms with Crippen LogP contribution in [0, 0.1) is 5.92 Å². The first kappa shape index (κ1) is 13.3. The van der Waals surface area contributed by atoms with Crippen LogP contribution < -0.4 is 9.47 Å². The molecule has 1 aromatic rings. The van der Waals surface area contributed by atoms with Crippen molar-refractivity contribution < 1.29 is 19.0 Å². The highest BCUT2D eigenvalue weighted by atomic mass is 16.6. The smallest absolute Gasteiger partial charge is 0.306 e. The molecule has 2 fully saturated rings. The van der Waals surface area contributed by atoms with Crippen LogP contribution in [0.25, 0.3) is 0 Å². The number of methoxy groups -OCH3 is 1. The number of ether oxygens (including phenoxy) is 3. The maximum Gasteiger partial charge on any atom is 0.306 e. The molecule has 0 unspecified atom stereocenters. The summed E-state index contributed by atoms with van der Waals surface area (Å²) in [5.74, 6) is 2.01. The number of carbonyl (C=O) groups excluding carboxylic acids is 1. The minimum absolute atomic E-state index is 0.135. The van der Waals surface area contributed by atoms with Crippen molar-refractivity contribution in [2.24, 2.45) is 5.92 Å². The molecule has 108 valence electrons. The summed E-state index contributed by atoms with van der Waals surface area (Å²) >= 11 is 0. The van der Waals surface area contributed by atoms with Crippen molar-refractivity contribution in [1.82, 2.24) is 0 Å². The van der Waals surface area contributed by atoms with Crippen LogP contribution in [0.1, 0.15) is 38.2 Å². The summed E-state index contributed by atoms with van der Waals surface area (Å²) in [5.41, 5.74) is 0.427. The first-order valence-corrected chi connectivity index (χ1v) is 7.14. The Morgan fingerprint density at radius 1 is 1.35 bits per heavy atom. The molecule has 1 saturated heterocycles. The summed E-state index contributed by atoms with van der Waals surface area (Å²) < 4.78 is 16.7. The Morgan fingerprint density at radius 3 is 2.75 bits per heavy atom. The normalized spacial score (nSPS) is 25.4. The topological polar surface area (TPSA) is 44.8 Å². The summed E-state index contributed by atoms with van der Waals surface area (Å²) in [7, 11) is 1.64. The Labute approximate surface area is 119 Å². The minimum atomic E-state index is -0.541. The van der Waals surface area contributed by atoms with Crippen LogP contribution in [-0.2, 0) is 15.1 Å². The van der Waals surface area contributed by atoms with E-state index in [-0.39, 0.29) is 5.97 Å². The van der Waals surface area contributed by atoms with Crippen LogP contribution in [0.5, 0.6) is 11.5 Å². The first-order valence-electron chi connectivity index (χ1n) is 7.14. The number of hydrogen-bond donors (Lipinski definition) is 0. The number of hydrogen-bond acceptors (Lipinski definition) is 4. The van der Waals surface area contributed by atoms with Gasteiger partial charge < -0.3 is 14.2 Å². The second kappa shape index (κ2) is 5.00. The van der Waals surface area contributed by atoms with Gasteiger partial charge in [0.2, 0.25) is 0 Å². The molecule has 2 aliphatic rings. The molecule has 4 nitrogen and oxygen atoms in total. The molecule has 0 N–H and O–H groups in total. The van der Waals surface area contributed by atoms with E-state index in [0.29, 0.717) is 18.8 Å². The van der Waals surface area contributed by atoms with Crippen molar-refractivity contribution in [2.75, 3.05) is 13.7 Å². The Bertz CT molecular complexity index is 521. The standard InChI is InChI=1S/C16H20O4/c1-16(8-7-15(17)20-16)12-5-6-13(18-2)14(9-12)19-10-11-3-4-11/h5-6,9,11H,3-4,7-8,10H2,1-2H3/t16-/m0/s1. The van der Waals surface area contributed by atoms with Gasteiger partial charge in [0.1, 0.15) is 5.60 Å². The molecule has 0 spiro atoms. The van der Waals surface area contributed by atoms with E-state index in [1.807, 2.05) is 25.1 Å². The van der Waals surface area contributed by atoms with Gasteiger partial charge in [-0.25, -0.2) is 0 Å². The average Bonchev–Trinajstić information content (AvgIpc) is 3.21. The number of benzene rings is 1. The Kier molecular flexibility index (Phi) is 3.32. The fraction of sp³-hybridized carbons (Fsp3) is 0.562. The zero-order valence-corrected chi connectivity index (χ0v) is 12.0. The van der Waals surface area contributed by atoms with Gasteiger partial charge in [0, 0.05) is 12.8 Å². The van der Waals surface area contributed by atoms with Crippen molar-refractivity contribution in [3.63, 3.8) is 0 Å². The summed E-state index contributed by atoms with van der Waals surface area (Å²) in [6.07, 6.45) is 3.68. The zero-order chi connectivity index (χ0) is 14.2. The van der Waals surface area contributed by atoms with E-state index in [9.17, 15) is 4.79 Å². The van der Waals surface area contributed by atoms with Gasteiger partial charge in [-0.2, -0.15) is 0 Å². The predicted octanol–water partition coefficient (Wildman–Crippen LogP) is 3.04.